The zero-order valence-corrected chi connectivity index (χ0v) is 15.1. The molecule has 0 saturated heterocycles. The standard InChI is InChI=1S/C20H20N4O.ClH/c25-20(23-17-7-6-16-3-1-10-21-19(16)14-17)13-15-4-8-18(9-5-15)24-12-2-11-22-24;/h2,4-9,11-12,14,21H,1,3,10,13H2,(H,23,25);1H. The van der Waals surface area contributed by atoms with Gasteiger partial charge in [0, 0.05) is 30.3 Å². The number of hydrogen-bond acceptors (Lipinski definition) is 3. The molecule has 0 aliphatic carbocycles. The van der Waals surface area contributed by atoms with Crippen molar-refractivity contribution in [1.82, 2.24) is 9.78 Å². The highest BCUT2D eigenvalue weighted by molar-refractivity contribution is 5.93. The van der Waals surface area contributed by atoms with Gasteiger partial charge in [-0.1, -0.05) is 18.2 Å². The van der Waals surface area contributed by atoms with E-state index in [-0.39, 0.29) is 18.3 Å². The van der Waals surface area contributed by atoms with Gasteiger partial charge in [0.15, 0.2) is 0 Å². The predicted molar refractivity (Wildman–Crippen MR) is 106 cm³/mol. The Balaban J connectivity index is 0.00000196. The van der Waals surface area contributed by atoms with E-state index in [0.29, 0.717) is 6.42 Å². The maximum absolute atomic E-state index is 12.3. The first-order chi connectivity index (χ1) is 12.3. The molecule has 2 N–H and O–H groups in total. The summed E-state index contributed by atoms with van der Waals surface area (Å²) in [6, 6.07) is 15.8. The number of aromatic nitrogens is 2. The Labute approximate surface area is 158 Å². The maximum atomic E-state index is 12.3. The number of fused-ring (bicyclic) bond motifs is 1. The summed E-state index contributed by atoms with van der Waals surface area (Å²) in [7, 11) is 0. The van der Waals surface area contributed by atoms with Crippen LogP contribution >= 0.6 is 12.4 Å². The number of nitrogens with zero attached hydrogens (tertiary/aromatic N) is 2. The van der Waals surface area contributed by atoms with Crippen molar-refractivity contribution in [2.45, 2.75) is 19.3 Å². The van der Waals surface area contributed by atoms with Crippen LogP contribution < -0.4 is 10.6 Å². The average molecular weight is 369 g/mol. The van der Waals surface area contributed by atoms with E-state index >= 15 is 0 Å². The molecule has 0 unspecified atom stereocenters. The number of anilines is 2. The Hall–Kier alpha value is -2.79. The summed E-state index contributed by atoms with van der Waals surface area (Å²) in [5.74, 6) is -0.0115. The lowest BCUT2D eigenvalue weighted by Gasteiger charge is -2.18. The first-order valence-corrected chi connectivity index (χ1v) is 8.53. The van der Waals surface area contributed by atoms with E-state index in [4.69, 9.17) is 0 Å². The van der Waals surface area contributed by atoms with Crippen LogP contribution in [-0.4, -0.2) is 22.2 Å². The summed E-state index contributed by atoms with van der Waals surface area (Å²) in [4.78, 5) is 12.3. The molecule has 0 spiro atoms. The largest absolute Gasteiger partial charge is 0.385 e. The van der Waals surface area contributed by atoms with Gasteiger partial charge < -0.3 is 10.6 Å². The number of carbonyl (C=O) groups is 1. The molecule has 5 nitrogen and oxygen atoms in total. The zero-order chi connectivity index (χ0) is 17.1. The van der Waals surface area contributed by atoms with Crippen LogP contribution in [0.25, 0.3) is 5.69 Å². The van der Waals surface area contributed by atoms with Crippen LogP contribution in [0.4, 0.5) is 11.4 Å². The topological polar surface area (TPSA) is 59.0 Å². The van der Waals surface area contributed by atoms with Gasteiger partial charge in [-0.15, -0.1) is 12.4 Å². The molecule has 1 aliphatic rings. The van der Waals surface area contributed by atoms with Crippen LogP contribution in [-0.2, 0) is 17.6 Å². The maximum Gasteiger partial charge on any atom is 0.228 e. The highest BCUT2D eigenvalue weighted by atomic mass is 35.5. The molecule has 0 bridgehead atoms. The Morgan fingerprint density at radius 1 is 1.19 bits per heavy atom. The molecule has 0 radical (unpaired) electrons. The summed E-state index contributed by atoms with van der Waals surface area (Å²) in [6.45, 7) is 0.993. The predicted octanol–water partition coefficient (Wildman–Crippen LogP) is 3.83. The molecule has 0 fully saturated rings. The number of amides is 1. The fourth-order valence-corrected chi connectivity index (χ4v) is 3.12. The van der Waals surface area contributed by atoms with Crippen LogP contribution in [0.5, 0.6) is 0 Å². The quantitative estimate of drug-likeness (QED) is 0.735. The second kappa shape index (κ2) is 8.06. The summed E-state index contributed by atoms with van der Waals surface area (Å²) in [5, 5.41) is 10.6. The molecule has 2 aromatic carbocycles. The molecule has 1 amide bonds. The van der Waals surface area contributed by atoms with Gasteiger partial charge in [0.2, 0.25) is 5.91 Å². The summed E-state index contributed by atoms with van der Waals surface area (Å²) in [5.41, 5.74) is 5.25. The molecule has 4 rings (SSSR count). The summed E-state index contributed by atoms with van der Waals surface area (Å²) in [6.07, 6.45) is 6.25. The number of carbonyl (C=O) groups excluding carboxylic acids is 1. The zero-order valence-electron chi connectivity index (χ0n) is 14.3. The summed E-state index contributed by atoms with van der Waals surface area (Å²) >= 11 is 0. The van der Waals surface area contributed by atoms with Crippen molar-refractivity contribution in [3.05, 3.63) is 72.1 Å². The van der Waals surface area contributed by atoms with Gasteiger partial charge in [0.05, 0.1) is 12.1 Å². The lowest BCUT2D eigenvalue weighted by molar-refractivity contribution is -0.115. The Morgan fingerprint density at radius 2 is 2.04 bits per heavy atom. The van der Waals surface area contributed by atoms with Crippen molar-refractivity contribution < 1.29 is 4.79 Å². The van der Waals surface area contributed by atoms with E-state index in [9.17, 15) is 4.79 Å². The molecular weight excluding hydrogens is 348 g/mol. The fraction of sp³-hybridized carbons (Fsp3) is 0.200. The molecule has 0 saturated carbocycles. The van der Waals surface area contributed by atoms with Gasteiger partial charge >= 0.3 is 0 Å². The van der Waals surface area contributed by atoms with Crippen molar-refractivity contribution in [1.29, 1.82) is 0 Å². The molecule has 1 aromatic heterocycles. The molecule has 134 valence electrons. The van der Waals surface area contributed by atoms with E-state index in [1.807, 2.05) is 48.7 Å². The normalized spacial score (nSPS) is 12.5. The van der Waals surface area contributed by atoms with Crippen molar-refractivity contribution in [2.24, 2.45) is 0 Å². The first-order valence-electron chi connectivity index (χ1n) is 8.53. The van der Waals surface area contributed by atoms with Gasteiger partial charge in [-0.2, -0.15) is 5.10 Å². The van der Waals surface area contributed by atoms with Gasteiger partial charge in [0.1, 0.15) is 0 Å². The van der Waals surface area contributed by atoms with Gasteiger partial charge in [0.25, 0.3) is 0 Å². The smallest absolute Gasteiger partial charge is 0.228 e. The third-order valence-electron chi connectivity index (χ3n) is 4.40. The molecule has 3 aromatic rings. The molecule has 2 heterocycles. The second-order valence-corrected chi connectivity index (χ2v) is 6.24. The SMILES string of the molecule is Cl.O=C(Cc1ccc(-n2cccn2)cc1)Nc1ccc2c(c1)NCCC2. The lowest BCUT2D eigenvalue weighted by atomic mass is 10.0. The fourth-order valence-electron chi connectivity index (χ4n) is 3.12. The van der Waals surface area contributed by atoms with Crippen molar-refractivity contribution in [2.75, 3.05) is 17.2 Å². The van der Waals surface area contributed by atoms with Crippen LogP contribution in [0.15, 0.2) is 60.9 Å². The number of benzene rings is 2. The molecule has 6 heteroatoms. The number of nitrogens with one attached hydrogen (secondary N) is 2. The molecule has 1 aliphatic heterocycles. The second-order valence-electron chi connectivity index (χ2n) is 6.24. The van der Waals surface area contributed by atoms with E-state index in [2.05, 4.69) is 21.8 Å². The minimum Gasteiger partial charge on any atom is -0.385 e. The van der Waals surface area contributed by atoms with Gasteiger partial charge in [-0.25, -0.2) is 4.68 Å². The average Bonchev–Trinajstić information content (AvgIpc) is 3.17. The van der Waals surface area contributed by atoms with E-state index < -0.39 is 0 Å². The number of rotatable bonds is 4. The third-order valence-corrected chi connectivity index (χ3v) is 4.40. The molecular formula is C20H21ClN4O. The number of aryl methyl sites for hydroxylation is 1. The van der Waals surface area contributed by atoms with Crippen molar-refractivity contribution in [3.8, 4) is 5.69 Å². The minimum atomic E-state index is -0.0115. The first kappa shape index (κ1) is 18.0. The lowest BCUT2D eigenvalue weighted by Crippen LogP contribution is -2.16. The monoisotopic (exact) mass is 368 g/mol. The third kappa shape index (κ3) is 4.06. The van der Waals surface area contributed by atoms with E-state index in [1.54, 1.807) is 10.9 Å². The Bertz CT molecular complexity index is 875. The highest BCUT2D eigenvalue weighted by Crippen LogP contribution is 2.25. The minimum absolute atomic E-state index is 0. The number of hydrogen-bond donors (Lipinski definition) is 2. The summed E-state index contributed by atoms with van der Waals surface area (Å²) < 4.78 is 1.80. The van der Waals surface area contributed by atoms with Crippen LogP contribution in [0.3, 0.4) is 0 Å². The molecule has 26 heavy (non-hydrogen) atoms. The van der Waals surface area contributed by atoms with Crippen molar-refractivity contribution >= 4 is 29.7 Å². The van der Waals surface area contributed by atoms with E-state index in [0.717, 1.165) is 42.0 Å². The number of halogens is 1. The van der Waals surface area contributed by atoms with E-state index in [1.165, 1.54) is 5.56 Å². The molecule has 0 atom stereocenters. The van der Waals surface area contributed by atoms with Gasteiger partial charge in [-0.3, -0.25) is 4.79 Å². The Morgan fingerprint density at radius 3 is 2.81 bits per heavy atom. The Kier molecular flexibility index (Phi) is 5.58. The van der Waals surface area contributed by atoms with Crippen LogP contribution in [0.1, 0.15) is 17.5 Å². The van der Waals surface area contributed by atoms with Crippen LogP contribution in [0, 0.1) is 0 Å². The van der Waals surface area contributed by atoms with Gasteiger partial charge in [-0.05, 0) is 54.3 Å². The highest BCUT2D eigenvalue weighted by Gasteiger charge is 2.10. The van der Waals surface area contributed by atoms with Crippen molar-refractivity contribution in [3.63, 3.8) is 0 Å². The van der Waals surface area contributed by atoms with Crippen LogP contribution in [0.2, 0.25) is 0 Å².